The van der Waals surface area contributed by atoms with Crippen LogP contribution in [0, 0.1) is 11.6 Å². The van der Waals surface area contributed by atoms with E-state index in [0.717, 1.165) is 6.07 Å². The van der Waals surface area contributed by atoms with Crippen LogP contribution in [0.15, 0.2) is 36.4 Å². The highest BCUT2D eigenvalue weighted by atomic mass is 35.5. The lowest BCUT2D eigenvalue weighted by molar-refractivity contribution is 0.475. The summed E-state index contributed by atoms with van der Waals surface area (Å²) in [5, 5.41) is 12.5. The Bertz CT molecular complexity index is 604. The first-order valence-corrected chi connectivity index (χ1v) is 6.06. The second-order valence-electron chi connectivity index (χ2n) is 4.18. The lowest BCUT2D eigenvalue weighted by atomic mass is 10.1. The van der Waals surface area contributed by atoms with E-state index in [-0.39, 0.29) is 16.3 Å². The van der Waals surface area contributed by atoms with Crippen molar-refractivity contribution in [1.82, 2.24) is 0 Å². The topological polar surface area (TPSA) is 32.3 Å². The van der Waals surface area contributed by atoms with Crippen molar-refractivity contribution in [3.05, 3.63) is 58.6 Å². The maximum Gasteiger partial charge on any atom is 0.164 e. The van der Waals surface area contributed by atoms with E-state index >= 15 is 0 Å². The Labute approximate surface area is 114 Å². The minimum atomic E-state index is -0.880. The molecule has 2 rings (SSSR count). The fraction of sp³-hybridized carbons (Fsp3) is 0.143. The number of phenolic OH excluding ortho intramolecular Hbond substituents is 1. The molecular weight excluding hydrogens is 272 g/mol. The molecule has 5 heteroatoms. The number of hydrogen-bond donors (Lipinski definition) is 2. The smallest absolute Gasteiger partial charge is 0.164 e. The fourth-order valence-electron chi connectivity index (χ4n) is 1.78. The van der Waals surface area contributed by atoms with Gasteiger partial charge < -0.3 is 10.4 Å². The van der Waals surface area contributed by atoms with Crippen molar-refractivity contribution in [2.24, 2.45) is 0 Å². The predicted molar refractivity (Wildman–Crippen MR) is 71.5 cm³/mol. The van der Waals surface area contributed by atoms with E-state index in [2.05, 4.69) is 5.32 Å². The minimum absolute atomic E-state index is 0.0307. The van der Waals surface area contributed by atoms with Gasteiger partial charge in [0.05, 0.1) is 11.1 Å². The first kappa shape index (κ1) is 13.6. The zero-order valence-corrected chi connectivity index (χ0v) is 10.9. The summed E-state index contributed by atoms with van der Waals surface area (Å²) in [6.45, 7) is 1.71. The van der Waals surface area contributed by atoms with Gasteiger partial charge in [-0.3, -0.25) is 0 Å². The van der Waals surface area contributed by atoms with Crippen molar-refractivity contribution in [1.29, 1.82) is 0 Å². The number of phenols is 1. The fourth-order valence-corrected chi connectivity index (χ4v) is 1.96. The molecule has 2 N–H and O–H groups in total. The second-order valence-corrected chi connectivity index (χ2v) is 4.58. The van der Waals surface area contributed by atoms with Crippen molar-refractivity contribution in [3.8, 4) is 5.75 Å². The molecule has 0 saturated heterocycles. The molecule has 0 spiro atoms. The molecule has 0 bridgehead atoms. The molecule has 1 atom stereocenters. The average Bonchev–Trinajstić information content (AvgIpc) is 2.37. The van der Waals surface area contributed by atoms with Crippen LogP contribution in [0.2, 0.25) is 5.02 Å². The third-order valence-corrected chi connectivity index (χ3v) is 3.08. The minimum Gasteiger partial charge on any atom is -0.506 e. The van der Waals surface area contributed by atoms with Gasteiger partial charge in [0.2, 0.25) is 0 Å². The lowest BCUT2D eigenvalue weighted by Gasteiger charge is -2.17. The number of benzene rings is 2. The molecule has 0 saturated carbocycles. The molecule has 0 aliphatic heterocycles. The molecule has 0 aliphatic rings. The largest absolute Gasteiger partial charge is 0.506 e. The Morgan fingerprint density at radius 2 is 1.95 bits per heavy atom. The van der Waals surface area contributed by atoms with Gasteiger partial charge in [-0.1, -0.05) is 23.7 Å². The van der Waals surface area contributed by atoms with Crippen molar-refractivity contribution >= 4 is 17.3 Å². The van der Waals surface area contributed by atoms with Crippen molar-refractivity contribution < 1.29 is 13.9 Å². The zero-order chi connectivity index (χ0) is 14.0. The Morgan fingerprint density at radius 1 is 1.21 bits per heavy atom. The van der Waals surface area contributed by atoms with Crippen LogP contribution in [0.25, 0.3) is 0 Å². The molecule has 1 unspecified atom stereocenters. The van der Waals surface area contributed by atoms with Gasteiger partial charge in [-0.05, 0) is 31.2 Å². The molecule has 2 nitrogen and oxygen atoms in total. The molecule has 0 aromatic heterocycles. The van der Waals surface area contributed by atoms with Gasteiger partial charge >= 0.3 is 0 Å². The van der Waals surface area contributed by atoms with Gasteiger partial charge in [0.25, 0.3) is 0 Å². The number of hydrogen-bond acceptors (Lipinski definition) is 2. The van der Waals surface area contributed by atoms with E-state index < -0.39 is 17.7 Å². The van der Waals surface area contributed by atoms with E-state index in [1.54, 1.807) is 13.0 Å². The molecule has 2 aromatic carbocycles. The Hall–Kier alpha value is -1.81. The monoisotopic (exact) mass is 283 g/mol. The molecule has 100 valence electrons. The van der Waals surface area contributed by atoms with Crippen LogP contribution in [0.4, 0.5) is 14.5 Å². The van der Waals surface area contributed by atoms with Gasteiger partial charge in [-0.2, -0.15) is 0 Å². The third-order valence-electron chi connectivity index (χ3n) is 2.78. The van der Waals surface area contributed by atoms with Crippen LogP contribution in [0.1, 0.15) is 18.5 Å². The zero-order valence-electron chi connectivity index (χ0n) is 10.1. The summed E-state index contributed by atoms with van der Waals surface area (Å²) in [5.41, 5.74) is 0.836. The van der Waals surface area contributed by atoms with Crippen LogP contribution in [-0.4, -0.2) is 5.11 Å². The summed E-state index contributed by atoms with van der Waals surface area (Å²) in [6, 6.07) is 8.16. The second kappa shape index (κ2) is 5.45. The molecule has 0 aliphatic carbocycles. The summed E-state index contributed by atoms with van der Waals surface area (Å²) in [4.78, 5) is 0. The first-order chi connectivity index (χ1) is 8.99. The van der Waals surface area contributed by atoms with Crippen LogP contribution >= 0.6 is 11.6 Å². The Kier molecular flexibility index (Phi) is 3.90. The van der Waals surface area contributed by atoms with Gasteiger partial charge in [-0.15, -0.1) is 0 Å². The summed E-state index contributed by atoms with van der Waals surface area (Å²) >= 11 is 5.78. The predicted octanol–water partition coefficient (Wildman–Crippen LogP) is 4.50. The lowest BCUT2D eigenvalue weighted by Crippen LogP contribution is -2.09. The SMILES string of the molecule is CC(Nc1ccc(O)c(Cl)c1)c1cccc(F)c1F. The van der Waals surface area contributed by atoms with Crippen molar-refractivity contribution in [3.63, 3.8) is 0 Å². The van der Waals surface area contributed by atoms with E-state index in [9.17, 15) is 13.9 Å². The first-order valence-electron chi connectivity index (χ1n) is 5.68. The Balaban J connectivity index is 2.23. The molecule has 0 amide bonds. The van der Waals surface area contributed by atoms with E-state index in [1.165, 1.54) is 24.3 Å². The van der Waals surface area contributed by atoms with Crippen LogP contribution in [0.3, 0.4) is 0 Å². The molecule has 0 heterocycles. The van der Waals surface area contributed by atoms with Gasteiger partial charge in [0.15, 0.2) is 11.6 Å². The van der Waals surface area contributed by atoms with Crippen LogP contribution in [0.5, 0.6) is 5.75 Å². The Morgan fingerprint density at radius 3 is 2.63 bits per heavy atom. The number of aromatic hydroxyl groups is 1. The van der Waals surface area contributed by atoms with Gasteiger partial charge in [0.1, 0.15) is 5.75 Å². The molecule has 2 aromatic rings. The highest BCUT2D eigenvalue weighted by Crippen LogP contribution is 2.29. The summed E-state index contributed by atoms with van der Waals surface area (Å²) in [7, 11) is 0. The van der Waals surface area contributed by atoms with E-state index in [0.29, 0.717) is 5.69 Å². The standard InChI is InChI=1S/C14H12ClF2NO/c1-8(10-3-2-4-12(16)14(10)17)18-9-5-6-13(19)11(15)7-9/h2-8,18-19H,1H3. The molecular formula is C14H12ClF2NO. The normalized spacial score (nSPS) is 12.2. The highest BCUT2D eigenvalue weighted by molar-refractivity contribution is 6.32. The van der Waals surface area contributed by atoms with E-state index in [4.69, 9.17) is 11.6 Å². The average molecular weight is 284 g/mol. The maximum atomic E-state index is 13.6. The summed E-state index contributed by atoms with van der Waals surface area (Å²) in [5.74, 6) is -1.78. The van der Waals surface area contributed by atoms with Crippen LogP contribution < -0.4 is 5.32 Å². The summed E-state index contributed by atoms with van der Waals surface area (Å²) < 4.78 is 26.8. The number of anilines is 1. The third kappa shape index (κ3) is 2.96. The summed E-state index contributed by atoms with van der Waals surface area (Å²) in [6.07, 6.45) is 0. The highest BCUT2D eigenvalue weighted by Gasteiger charge is 2.14. The van der Waals surface area contributed by atoms with Crippen LogP contribution in [-0.2, 0) is 0 Å². The van der Waals surface area contributed by atoms with Crippen molar-refractivity contribution in [2.45, 2.75) is 13.0 Å². The van der Waals surface area contributed by atoms with Gasteiger partial charge in [0, 0.05) is 11.3 Å². The number of nitrogens with one attached hydrogen (secondary N) is 1. The number of rotatable bonds is 3. The van der Waals surface area contributed by atoms with E-state index in [1.807, 2.05) is 0 Å². The quantitative estimate of drug-likeness (QED) is 0.813. The van der Waals surface area contributed by atoms with Gasteiger partial charge in [-0.25, -0.2) is 8.78 Å². The molecule has 0 radical (unpaired) electrons. The molecule has 19 heavy (non-hydrogen) atoms. The molecule has 0 fully saturated rings. The maximum absolute atomic E-state index is 13.6. The van der Waals surface area contributed by atoms with Crippen molar-refractivity contribution in [2.75, 3.05) is 5.32 Å². The number of halogens is 3.